The lowest BCUT2D eigenvalue weighted by Crippen LogP contribution is -2.35. The maximum atomic E-state index is 13.4. The zero-order chi connectivity index (χ0) is 23.5. The van der Waals surface area contributed by atoms with Crippen LogP contribution in [0.25, 0.3) is 0 Å². The van der Waals surface area contributed by atoms with Gasteiger partial charge in [-0.15, -0.1) is 0 Å². The van der Waals surface area contributed by atoms with E-state index in [1.54, 1.807) is 12.1 Å². The van der Waals surface area contributed by atoms with Crippen molar-refractivity contribution in [3.8, 4) is 11.5 Å². The van der Waals surface area contributed by atoms with Crippen LogP contribution in [0.2, 0.25) is 0 Å². The number of rotatable bonds is 7. The van der Waals surface area contributed by atoms with E-state index in [1.165, 1.54) is 62.4 Å². The topological polar surface area (TPSA) is 12.5 Å². The van der Waals surface area contributed by atoms with Crippen molar-refractivity contribution in [1.29, 1.82) is 0 Å². The first-order valence-corrected chi connectivity index (χ1v) is 11.7. The van der Waals surface area contributed by atoms with Crippen LogP contribution in [0.15, 0.2) is 48.5 Å². The van der Waals surface area contributed by atoms with Crippen molar-refractivity contribution in [2.24, 2.45) is 11.8 Å². The summed E-state index contributed by atoms with van der Waals surface area (Å²) in [6.45, 7) is 6.95. The first-order chi connectivity index (χ1) is 15.1. The van der Waals surface area contributed by atoms with Crippen molar-refractivity contribution in [2.75, 3.05) is 14.1 Å². The van der Waals surface area contributed by atoms with Crippen LogP contribution in [-0.4, -0.2) is 25.2 Å². The molecule has 2 nitrogen and oxygen atoms in total. The molecular formula is C27H36F3NO. The van der Waals surface area contributed by atoms with Crippen LogP contribution in [0.5, 0.6) is 11.5 Å². The Morgan fingerprint density at radius 1 is 0.969 bits per heavy atom. The van der Waals surface area contributed by atoms with E-state index in [0.29, 0.717) is 11.5 Å². The van der Waals surface area contributed by atoms with E-state index in [4.69, 9.17) is 4.74 Å². The Kier molecular flexibility index (Phi) is 7.59. The van der Waals surface area contributed by atoms with Crippen LogP contribution in [0.4, 0.5) is 13.2 Å². The summed E-state index contributed by atoms with van der Waals surface area (Å²) in [6.07, 6.45) is 1.79. The third-order valence-corrected chi connectivity index (χ3v) is 7.13. The van der Waals surface area contributed by atoms with Crippen LogP contribution < -0.4 is 4.74 Å². The standard InChI is InChI=1S/C27H36F3NO/c1-6-20-16-19(3)17-26(7-2,18-20)22-10-14-24(15-11-22)32-23-12-8-21(9-13-23)25(31(4)5)27(28,29)30/h8-15,19-20,25H,6-7,16-18H2,1-5H3. The molecule has 1 aliphatic rings. The van der Waals surface area contributed by atoms with Crippen LogP contribution in [0.3, 0.4) is 0 Å². The Labute approximate surface area is 190 Å². The lowest BCUT2D eigenvalue weighted by Gasteiger charge is -2.44. The molecule has 4 unspecified atom stereocenters. The first kappa shape index (κ1) is 24.6. The minimum atomic E-state index is -4.33. The van der Waals surface area contributed by atoms with Gasteiger partial charge in [-0.1, -0.05) is 51.5 Å². The zero-order valence-corrected chi connectivity index (χ0v) is 19.9. The van der Waals surface area contributed by atoms with Gasteiger partial charge < -0.3 is 4.74 Å². The molecule has 0 spiro atoms. The molecule has 5 heteroatoms. The van der Waals surface area contributed by atoms with E-state index in [-0.39, 0.29) is 11.0 Å². The highest BCUT2D eigenvalue weighted by molar-refractivity contribution is 5.37. The van der Waals surface area contributed by atoms with E-state index >= 15 is 0 Å². The monoisotopic (exact) mass is 447 g/mol. The summed E-state index contributed by atoms with van der Waals surface area (Å²) in [6, 6.07) is 12.9. The number of hydrogen-bond acceptors (Lipinski definition) is 2. The fourth-order valence-corrected chi connectivity index (χ4v) is 5.59. The van der Waals surface area contributed by atoms with E-state index in [9.17, 15) is 13.2 Å². The molecule has 0 heterocycles. The molecule has 1 aliphatic carbocycles. The second-order valence-electron chi connectivity index (χ2n) is 9.76. The van der Waals surface area contributed by atoms with E-state index in [1.807, 2.05) is 12.1 Å². The van der Waals surface area contributed by atoms with Gasteiger partial charge >= 0.3 is 6.18 Å². The highest BCUT2D eigenvalue weighted by Gasteiger charge is 2.42. The van der Waals surface area contributed by atoms with E-state index in [2.05, 4.69) is 32.9 Å². The third kappa shape index (κ3) is 5.48. The number of alkyl halides is 3. The normalized spacial score (nSPS) is 25.0. The average Bonchev–Trinajstić information content (AvgIpc) is 2.73. The van der Waals surface area contributed by atoms with Gasteiger partial charge in [0.1, 0.15) is 17.5 Å². The summed E-state index contributed by atoms with van der Waals surface area (Å²) in [7, 11) is 2.87. The highest BCUT2D eigenvalue weighted by Crippen LogP contribution is 2.48. The predicted molar refractivity (Wildman–Crippen MR) is 124 cm³/mol. The van der Waals surface area contributed by atoms with Gasteiger partial charge in [0.15, 0.2) is 0 Å². The van der Waals surface area contributed by atoms with Gasteiger partial charge in [0.2, 0.25) is 0 Å². The molecule has 0 aromatic heterocycles. The van der Waals surface area contributed by atoms with Gasteiger partial charge in [-0.3, -0.25) is 4.90 Å². The summed E-state index contributed by atoms with van der Waals surface area (Å²) < 4.78 is 46.0. The summed E-state index contributed by atoms with van der Waals surface area (Å²) >= 11 is 0. The maximum absolute atomic E-state index is 13.4. The molecule has 32 heavy (non-hydrogen) atoms. The van der Waals surface area contributed by atoms with Gasteiger partial charge in [0, 0.05) is 0 Å². The highest BCUT2D eigenvalue weighted by atomic mass is 19.4. The molecule has 3 rings (SSSR count). The van der Waals surface area contributed by atoms with Crippen LogP contribution in [0.1, 0.15) is 70.0 Å². The number of ether oxygens (including phenoxy) is 1. The van der Waals surface area contributed by atoms with Crippen molar-refractivity contribution in [1.82, 2.24) is 4.90 Å². The molecule has 0 amide bonds. The van der Waals surface area contributed by atoms with Crippen LogP contribution >= 0.6 is 0 Å². The maximum Gasteiger partial charge on any atom is 0.408 e. The van der Waals surface area contributed by atoms with E-state index < -0.39 is 12.2 Å². The number of hydrogen-bond donors (Lipinski definition) is 0. The second kappa shape index (κ2) is 9.86. The van der Waals surface area contributed by atoms with Crippen molar-refractivity contribution in [3.05, 3.63) is 59.7 Å². The lowest BCUT2D eigenvalue weighted by atomic mass is 9.61. The molecule has 0 aliphatic heterocycles. The molecule has 0 bridgehead atoms. The summed E-state index contributed by atoms with van der Waals surface area (Å²) in [5.41, 5.74) is 1.79. The van der Waals surface area contributed by atoms with Crippen LogP contribution in [0, 0.1) is 11.8 Å². The number of halogens is 3. The molecule has 1 saturated carbocycles. The summed E-state index contributed by atoms with van der Waals surface area (Å²) in [4.78, 5) is 1.17. The molecular weight excluding hydrogens is 411 g/mol. The molecule has 176 valence electrons. The van der Waals surface area contributed by atoms with Gasteiger partial charge in [-0.05, 0) is 92.4 Å². The fraction of sp³-hybridized carbons (Fsp3) is 0.556. The summed E-state index contributed by atoms with van der Waals surface area (Å²) in [5, 5.41) is 0. The van der Waals surface area contributed by atoms with Crippen molar-refractivity contribution < 1.29 is 17.9 Å². The van der Waals surface area contributed by atoms with Gasteiger partial charge in [0.05, 0.1) is 0 Å². The Morgan fingerprint density at radius 2 is 1.53 bits per heavy atom. The Morgan fingerprint density at radius 3 is 2.00 bits per heavy atom. The largest absolute Gasteiger partial charge is 0.457 e. The molecule has 4 atom stereocenters. The predicted octanol–water partition coefficient (Wildman–Crippen LogP) is 8.14. The van der Waals surface area contributed by atoms with Gasteiger partial charge in [0.25, 0.3) is 0 Å². The van der Waals surface area contributed by atoms with Crippen molar-refractivity contribution >= 4 is 0 Å². The quantitative estimate of drug-likeness (QED) is 0.425. The van der Waals surface area contributed by atoms with Gasteiger partial charge in [-0.2, -0.15) is 13.2 Å². The van der Waals surface area contributed by atoms with Crippen LogP contribution in [-0.2, 0) is 5.41 Å². The minimum absolute atomic E-state index is 0.201. The average molecular weight is 448 g/mol. The first-order valence-electron chi connectivity index (χ1n) is 11.7. The molecule has 0 N–H and O–H groups in total. The summed E-state index contributed by atoms with van der Waals surface area (Å²) in [5.74, 6) is 2.73. The molecule has 1 fully saturated rings. The smallest absolute Gasteiger partial charge is 0.408 e. The Balaban J connectivity index is 1.74. The minimum Gasteiger partial charge on any atom is -0.457 e. The second-order valence-corrected chi connectivity index (χ2v) is 9.76. The van der Waals surface area contributed by atoms with Gasteiger partial charge in [-0.25, -0.2) is 0 Å². The molecule has 0 saturated heterocycles. The SMILES string of the molecule is CCC1CC(C)CC(CC)(c2ccc(Oc3ccc(C(N(C)C)C(F)(F)F)cc3)cc2)C1. The van der Waals surface area contributed by atoms with E-state index in [0.717, 1.165) is 18.3 Å². The Hall–Kier alpha value is -2.01. The zero-order valence-electron chi connectivity index (χ0n) is 19.9. The number of benzene rings is 2. The van der Waals surface area contributed by atoms with Crippen molar-refractivity contribution in [3.63, 3.8) is 0 Å². The molecule has 0 radical (unpaired) electrons. The molecule has 2 aromatic rings. The molecule has 2 aromatic carbocycles. The Bertz CT molecular complexity index is 860. The number of nitrogens with zero attached hydrogens (tertiary/aromatic N) is 1. The third-order valence-electron chi connectivity index (χ3n) is 7.13. The fourth-order valence-electron chi connectivity index (χ4n) is 5.59. The lowest BCUT2D eigenvalue weighted by molar-refractivity contribution is -0.179. The van der Waals surface area contributed by atoms with Crippen molar-refractivity contribution in [2.45, 2.75) is 70.5 Å².